The lowest BCUT2D eigenvalue weighted by atomic mass is 10.2. The second-order valence-corrected chi connectivity index (χ2v) is 3.68. The molecule has 1 heterocycles. The summed E-state index contributed by atoms with van der Waals surface area (Å²) in [4.78, 5) is 22.8. The van der Waals surface area contributed by atoms with E-state index in [2.05, 4.69) is 0 Å². The number of carbonyl (C=O) groups is 2. The van der Waals surface area contributed by atoms with Crippen LogP contribution in [0.1, 0.15) is 17.3 Å². The van der Waals surface area contributed by atoms with E-state index in [4.69, 9.17) is 9.47 Å². The van der Waals surface area contributed by atoms with Gasteiger partial charge >= 0.3 is 5.97 Å². The molecule has 0 saturated carbocycles. The number of ether oxygens (including phenoxy) is 2. The third-order valence-corrected chi connectivity index (χ3v) is 2.39. The summed E-state index contributed by atoms with van der Waals surface area (Å²) in [6.07, 6.45) is 1.43. The van der Waals surface area contributed by atoms with Gasteiger partial charge in [-0.3, -0.25) is 4.79 Å². The Hall–Kier alpha value is -1.94. The van der Waals surface area contributed by atoms with Gasteiger partial charge in [0.05, 0.1) is 5.56 Å². The van der Waals surface area contributed by atoms with Gasteiger partial charge in [0.15, 0.2) is 5.78 Å². The van der Waals surface area contributed by atoms with Crippen molar-refractivity contribution in [3.05, 3.63) is 48.0 Å². The summed E-state index contributed by atoms with van der Waals surface area (Å²) in [5.41, 5.74) is 0.453. The van der Waals surface area contributed by atoms with E-state index < -0.39 is 18.4 Å². The second kappa shape index (κ2) is 4.93. The molecule has 1 aromatic rings. The molecule has 17 heavy (non-hydrogen) atoms. The van der Waals surface area contributed by atoms with E-state index in [0.717, 1.165) is 0 Å². The molecule has 0 aliphatic carbocycles. The molecule has 0 aromatic heterocycles. The molecule has 0 unspecified atom stereocenters. The van der Waals surface area contributed by atoms with Crippen molar-refractivity contribution < 1.29 is 19.1 Å². The number of hydrogen-bond donors (Lipinski definition) is 0. The van der Waals surface area contributed by atoms with Crippen LogP contribution in [0.5, 0.6) is 0 Å². The number of esters is 1. The maximum absolute atomic E-state index is 11.7. The summed E-state index contributed by atoms with van der Waals surface area (Å²) in [6, 6.07) is 8.63. The summed E-state index contributed by atoms with van der Waals surface area (Å²) in [7, 11) is 0. The first-order valence-corrected chi connectivity index (χ1v) is 5.30. The number of carbonyl (C=O) groups excluding carboxylic acids is 2. The lowest BCUT2D eigenvalue weighted by Crippen LogP contribution is -2.32. The van der Waals surface area contributed by atoms with E-state index in [9.17, 15) is 9.59 Å². The Labute approximate surface area is 98.8 Å². The molecule has 1 aliphatic heterocycles. The first-order valence-electron chi connectivity index (χ1n) is 5.30. The number of benzene rings is 1. The minimum Gasteiger partial charge on any atom is -0.428 e. The van der Waals surface area contributed by atoms with Crippen LogP contribution >= 0.6 is 0 Å². The monoisotopic (exact) mass is 232 g/mol. The van der Waals surface area contributed by atoms with Gasteiger partial charge in [0, 0.05) is 0 Å². The summed E-state index contributed by atoms with van der Waals surface area (Å²) in [6.45, 7) is 1.62. The van der Waals surface area contributed by atoms with Gasteiger partial charge in [-0.05, 0) is 31.2 Å². The number of rotatable bonds is 2. The van der Waals surface area contributed by atoms with Crippen LogP contribution in [-0.4, -0.2) is 24.1 Å². The van der Waals surface area contributed by atoms with Crippen LogP contribution in [0.2, 0.25) is 0 Å². The lowest BCUT2D eigenvalue weighted by molar-refractivity contribution is -0.146. The summed E-state index contributed by atoms with van der Waals surface area (Å²) in [5, 5.41) is 0. The quantitative estimate of drug-likeness (QED) is 0.728. The van der Waals surface area contributed by atoms with Crippen molar-refractivity contribution in [3.8, 4) is 0 Å². The maximum atomic E-state index is 11.7. The van der Waals surface area contributed by atoms with Crippen molar-refractivity contribution in [2.24, 2.45) is 0 Å². The molecule has 4 heteroatoms. The fourth-order valence-electron chi connectivity index (χ4n) is 1.44. The van der Waals surface area contributed by atoms with Crippen molar-refractivity contribution in [2.75, 3.05) is 0 Å². The zero-order valence-corrected chi connectivity index (χ0v) is 9.33. The number of hydrogen-bond acceptors (Lipinski definition) is 4. The molecule has 2 rings (SSSR count). The Balaban J connectivity index is 2.01. The molecule has 0 radical (unpaired) electrons. The van der Waals surface area contributed by atoms with E-state index in [-0.39, 0.29) is 5.78 Å². The van der Waals surface area contributed by atoms with Gasteiger partial charge in [0.25, 0.3) is 0 Å². The Morgan fingerprint density at radius 3 is 2.65 bits per heavy atom. The zero-order chi connectivity index (χ0) is 12.3. The van der Waals surface area contributed by atoms with Crippen LogP contribution < -0.4 is 0 Å². The SMILES string of the molecule is C[C@@H]1O[C@@H](OC(=O)c2ccccc2)C=CC1=O. The van der Waals surface area contributed by atoms with Crippen molar-refractivity contribution >= 4 is 11.8 Å². The molecule has 2 atom stereocenters. The summed E-state index contributed by atoms with van der Waals surface area (Å²) in [5.74, 6) is -0.598. The Morgan fingerprint density at radius 2 is 2.00 bits per heavy atom. The Bertz CT molecular complexity index is 450. The highest BCUT2D eigenvalue weighted by atomic mass is 16.7. The third kappa shape index (κ3) is 2.79. The van der Waals surface area contributed by atoms with Gasteiger partial charge < -0.3 is 9.47 Å². The first kappa shape index (κ1) is 11.5. The fourth-order valence-corrected chi connectivity index (χ4v) is 1.44. The molecule has 0 saturated heterocycles. The highest BCUT2D eigenvalue weighted by Crippen LogP contribution is 2.12. The molecule has 1 aromatic carbocycles. The van der Waals surface area contributed by atoms with Crippen molar-refractivity contribution in [1.29, 1.82) is 0 Å². The Morgan fingerprint density at radius 1 is 1.29 bits per heavy atom. The van der Waals surface area contributed by atoms with Gasteiger partial charge in [0.1, 0.15) is 6.10 Å². The smallest absolute Gasteiger partial charge is 0.340 e. The molecule has 0 spiro atoms. The molecule has 4 nitrogen and oxygen atoms in total. The van der Waals surface area contributed by atoms with Gasteiger partial charge in [-0.15, -0.1) is 0 Å². The van der Waals surface area contributed by atoms with Crippen LogP contribution in [0, 0.1) is 0 Å². The summed E-state index contributed by atoms with van der Waals surface area (Å²) < 4.78 is 10.3. The molecular formula is C13H12O4. The molecule has 0 N–H and O–H groups in total. The third-order valence-electron chi connectivity index (χ3n) is 2.39. The van der Waals surface area contributed by atoms with E-state index in [0.29, 0.717) is 5.56 Å². The standard InChI is InChI=1S/C13H12O4/c1-9-11(14)7-8-12(16-9)17-13(15)10-5-3-2-4-6-10/h2-9,12H,1H3/t9-,12-/m0/s1. The minimum absolute atomic E-state index is 0.128. The molecular weight excluding hydrogens is 220 g/mol. The molecule has 1 aliphatic rings. The van der Waals surface area contributed by atoms with Crippen LogP contribution in [0.3, 0.4) is 0 Å². The first-order chi connectivity index (χ1) is 8.16. The highest BCUT2D eigenvalue weighted by Gasteiger charge is 2.23. The van der Waals surface area contributed by atoms with Crippen molar-refractivity contribution in [3.63, 3.8) is 0 Å². The lowest BCUT2D eigenvalue weighted by Gasteiger charge is -2.21. The average molecular weight is 232 g/mol. The average Bonchev–Trinajstić information content (AvgIpc) is 2.35. The van der Waals surface area contributed by atoms with Crippen molar-refractivity contribution in [2.45, 2.75) is 19.3 Å². The Kier molecular flexibility index (Phi) is 3.35. The van der Waals surface area contributed by atoms with Gasteiger partial charge in [-0.25, -0.2) is 4.79 Å². The van der Waals surface area contributed by atoms with Gasteiger partial charge in [0.2, 0.25) is 6.29 Å². The minimum atomic E-state index is -0.796. The van der Waals surface area contributed by atoms with Crippen LogP contribution in [0.15, 0.2) is 42.5 Å². The van der Waals surface area contributed by atoms with Gasteiger partial charge in [-0.1, -0.05) is 18.2 Å². The van der Waals surface area contributed by atoms with E-state index in [1.165, 1.54) is 12.2 Å². The fraction of sp³-hybridized carbons (Fsp3) is 0.231. The van der Waals surface area contributed by atoms with E-state index >= 15 is 0 Å². The summed E-state index contributed by atoms with van der Waals surface area (Å²) >= 11 is 0. The van der Waals surface area contributed by atoms with E-state index in [1.807, 2.05) is 6.07 Å². The zero-order valence-electron chi connectivity index (χ0n) is 9.33. The van der Waals surface area contributed by atoms with E-state index in [1.54, 1.807) is 31.2 Å². The van der Waals surface area contributed by atoms with Crippen LogP contribution in [0.4, 0.5) is 0 Å². The maximum Gasteiger partial charge on any atom is 0.340 e. The number of ketones is 1. The van der Waals surface area contributed by atoms with Crippen LogP contribution in [-0.2, 0) is 14.3 Å². The van der Waals surface area contributed by atoms with Gasteiger partial charge in [-0.2, -0.15) is 0 Å². The largest absolute Gasteiger partial charge is 0.428 e. The predicted octanol–water partition coefficient (Wildman–Crippen LogP) is 1.71. The molecule has 0 amide bonds. The van der Waals surface area contributed by atoms with Crippen molar-refractivity contribution in [1.82, 2.24) is 0 Å². The molecule has 0 bridgehead atoms. The second-order valence-electron chi connectivity index (χ2n) is 3.68. The molecule has 0 fully saturated rings. The normalized spacial score (nSPS) is 23.5. The predicted molar refractivity (Wildman–Crippen MR) is 60.3 cm³/mol. The van der Waals surface area contributed by atoms with Crippen LogP contribution in [0.25, 0.3) is 0 Å². The molecule has 88 valence electrons. The highest BCUT2D eigenvalue weighted by molar-refractivity contribution is 5.94. The topological polar surface area (TPSA) is 52.6 Å².